The molecule has 88 valence electrons. The van der Waals surface area contributed by atoms with Gasteiger partial charge in [0.05, 0.1) is 0 Å². The van der Waals surface area contributed by atoms with Crippen molar-refractivity contribution >= 4 is 29.6 Å². The van der Waals surface area contributed by atoms with Gasteiger partial charge in [0.25, 0.3) is 5.24 Å². The van der Waals surface area contributed by atoms with Crippen molar-refractivity contribution in [1.82, 2.24) is 4.90 Å². The van der Waals surface area contributed by atoms with Crippen LogP contribution in [0.4, 0.5) is 4.79 Å². The third kappa shape index (κ3) is 4.49. The Balaban J connectivity index is 2.46. The van der Waals surface area contributed by atoms with E-state index in [2.05, 4.69) is 43.8 Å². The highest BCUT2D eigenvalue weighted by Gasteiger charge is 2.02. The Morgan fingerprint density at radius 2 is 2.00 bits per heavy atom. The van der Waals surface area contributed by atoms with E-state index in [0.717, 1.165) is 12.2 Å². The maximum Gasteiger partial charge on any atom is 0.278 e. The van der Waals surface area contributed by atoms with Crippen molar-refractivity contribution in [2.24, 2.45) is 0 Å². The van der Waals surface area contributed by atoms with Crippen molar-refractivity contribution in [1.29, 1.82) is 0 Å². The second-order valence-corrected chi connectivity index (χ2v) is 5.25. The number of thiol groups is 1. The Hall–Kier alpha value is -0.610. The Labute approximate surface area is 107 Å². The van der Waals surface area contributed by atoms with Gasteiger partial charge in [-0.15, -0.1) is 11.8 Å². The van der Waals surface area contributed by atoms with Gasteiger partial charge in [-0.1, -0.05) is 31.7 Å². The summed E-state index contributed by atoms with van der Waals surface area (Å²) in [5, 5.41) is -0.182. The molecule has 0 spiro atoms. The zero-order valence-corrected chi connectivity index (χ0v) is 11.4. The van der Waals surface area contributed by atoms with Crippen LogP contribution < -0.4 is 0 Å². The van der Waals surface area contributed by atoms with Crippen molar-refractivity contribution in [3.8, 4) is 0 Å². The van der Waals surface area contributed by atoms with Crippen LogP contribution in [-0.2, 0) is 6.42 Å². The number of hydrogen-bond acceptors (Lipinski definition) is 2. The fourth-order valence-electron chi connectivity index (χ4n) is 1.31. The molecule has 1 aromatic rings. The van der Waals surface area contributed by atoms with Gasteiger partial charge in [-0.2, -0.15) is 0 Å². The molecule has 1 rings (SSSR count). The van der Waals surface area contributed by atoms with Gasteiger partial charge in [0.2, 0.25) is 0 Å². The number of likely N-dealkylation sites (N-methyl/N-ethyl adjacent to an activating group) is 1. The number of carbonyl (C=O) groups is 1. The van der Waals surface area contributed by atoms with Gasteiger partial charge >= 0.3 is 0 Å². The van der Waals surface area contributed by atoms with E-state index in [0.29, 0.717) is 6.54 Å². The summed E-state index contributed by atoms with van der Waals surface area (Å²) in [5.74, 6) is 1.09. The van der Waals surface area contributed by atoms with Crippen LogP contribution >= 0.6 is 24.4 Å². The summed E-state index contributed by atoms with van der Waals surface area (Å²) in [4.78, 5) is 13.8. The average molecular weight is 255 g/mol. The Kier molecular flexibility index (Phi) is 5.77. The quantitative estimate of drug-likeness (QED) is 0.643. The average Bonchev–Trinajstić information content (AvgIpc) is 2.28. The molecular weight excluding hydrogens is 238 g/mol. The molecule has 0 saturated carbocycles. The number of nitrogens with zero attached hydrogens (tertiary/aromatic N) is 1. The molecule has 0 radical (unpaired) electrons. The molecule has 0 aliphatic rings. The summed E-state index contributed by atoms with van der Waals surface area (Å²) in [7, 11) is 1.76. The minimum absolute atomic E-state index is 0.182. The van der Waals surface area contributed by atoms with Crippen LogP contribution in [0.15, 0.2) is 29.2 Å². The molecule has 0 fully saturated rings. The van der Waals surface area contributed by atoms with Gasteiger partial charge < -0.3 is 4.90 Å². The molecule has 0 atom stereocenters. The zero-order chi connectivity index (χ0) is 12.0. The summed E-state index contributed by atoms with van der Waals surface area (Å²) in [5.41, 5.74) is 1.25. The Morgan fingerprint density at radius 1 is 1.38 bits per heavy atom. The van der Waals surface area contributed by atoms with Crippen LogP contribution in [0.2, 0.25) is 0 Å². The standard InChI is InChI=1S/C12H17NOS2/c1-3-16-11-6-4-10(5-7-11)8-9-13(2)12(14)15/h4-7H,3,8-9H2,1-2H3,(H,14,15). The number of hydrogen-bond donors (Lipinski definition) is 1. The lowest BCUT2D eigenvalue weighted by atomic mass is 10.1. The zero-order valence-electron chi connectivity index (χ0n) is 9.64. The first-order valence-corrected chi connectivity index (χ1v) is 6.72. The lowest BCUT2D eigenvalue weighted by molar-refractivity contribution is 0.234. The highest BCUT2D eigenvalue weighted by atomic mass is 32.2. The van der Waals surface area contributed by atoms with E-state index in [1.54, 1.807) is 11.9 Å². The summed E-state index contributed by atoms with van der Waals surface area (Å²) < 4.78 is 0. The predicted octanol–water partition coefficient (Wildman–Crippen LogP) is 3.32. The van der Waals surface area contributed by atoms with Crippen molar-refractivity contribution in [3.63, 3.8) is 0 Å². The van der Waals surface area contributed by atoms with E-state index in [9.17, 15) is 4.79 Å². The molecule has 0 aromatic heterocycles. The summed E-state index contributed by atoms with van der Waals surface area (Å²) in [6.45, 7) is 2.86. The van der Waals surface area contributed by atoms with Crippen LogP contribution in [0.25, 0.3) is 0 Å². The Morgan fingerprint density at radius 3 is 2.50 bits per heavy atom. The summed E-state index contributed by atoms with van der Waals surface area (Å²) >= 11 is 5.60. The first-order chi connectivity index (χ1) is 7.63. The third-order valence-electron chi connectivity index (χ3n) is 2.30. The van der Waals surface area contributed by atoms with E-state index in [4.69, 9.17) is 0 Å². The minimum atomic E-state index is -0.182. The molecule has 0 saturated heterocycles. The van der Waals surface area contributed by atoms with E-state index < -0.39 is 0 Å². The molecule has 2 nitrogen and oxygen atoms in total. The molecule has 0 N–H and O–H groups in total. The van der Waals surface area contributed by atoms with Crippen molar-refractivity contribution in [3.05, 3.63) is 29.8 Å². The number of rotatable bonds is 5. The molecule has 16 heavy (non-hydrogen) atoms. The van der Waals surface area contributed by atoms with Crippen LogP contribution in [-0.4, -0.2) is 29.5 Å². The van der Waals surface area contributed by atoms with Gasteiger partial charge in [0.15, 0.2) is 0 Å². The minimum Gasteiger partial charge on any atom is -0.337 e. The number of thioether (sulfide) groups is 1. The van der Waals surface area contributed by atoms with Crippen LogP contribution in [0.5, 0.6) is 0 Å². The number of carbonyl (C=O) groups excluding carboxylic acids is 1. The van der Waals surface area contributed by atoms with Crippen LogP contribution in [0, 0.1) is 0 Å². The second kappa shape index (κ2) is 6.86. The lowest BCUT2D eigenvalue weighted by Gasteiger charge is -2.13. The van der Waals surface area contributed by atoms with E-state index in [1.165, 1.54) is 10.5 Å². The van der Waals surface area contributed by atoms with Gasteiger partial charge in [0, 0.05) is 18.5 Å². The van der Waals surface area contributed by atoms with Gasteiger partial charge in [-0.3, -0.25) is 4.79 Å². The van der Waals surface area contributed by atoms with E-state index in [1.807, 2.05) is 11.8 Å². The maximum absolute atomic E-state index is 10.9. The first kappa shape index (κ1) is 13.5. The fraction of sp³-hybridized carbons (Fsp3) is 0.417. The normalized spacial score (nSPS) is 10.2. The molecule has 0 aliphatic carbocycles. The molecule has 0 bridgehead atoms. The molecule has 4 heteroatoms. The van der Waals surface area contributed by atoms with Crippen molar-refractivity contribution < 1.29 is 4.79 Å². The smallest absolute Gasteiger partial charge is 0.278 e. The monoisotopic (exact) mass is 255 g/mol. The SMILES string of the molecule is CCSc1ccc(CCN(C)C(=O)S)cc1. The third-order valence-corrected chi connectivity index (χ3v) is 3.53. The number of amides is 1. The molecule has 0 heterocycles. The Bertz CT molecular complexity index is 337. The maximum atomic E-state index is 10.9. The van der Waals surface area contributed by atoms with E-state index in [-0.39, 0.29) is 5.24 Å². The van der Waals surface area contributed by atoms with E-state index >= 15 is 0 Å². The van der Waals surface area contributed by atoms with Crippen molar-refractivity contribution in [2.75, 3.05) is 19.3 Å². The highest BCUT2D eigenvalue weighted by Crippen LogP contribution is 2.17. The molecule has 1 aromatic carbocycles. The molecule has 0 aliphatic heterocycles. The molecular formula is C12H17NOS2. The summed E-state index contributed by atoms with van der Waals surface area (Å²) in [6, 6.07) is 8.50. The predicted molar refractivity (Wildman–Crippen MR) is 73.6 cm³/mol. The topological polar surface area (TPSA) is 20.3 Å². The fourth-order valence-corrected chi connectivity index (χ4v) is 2.07. The van der Waals surface area contributed by atoms with Gasteiger partial charge in [0.1, 0.15) is 0 Å². The first-order valence-electron chi connectivity index (χ1n) is 5.29. The van der Waals surface area contributed by atoms with Gasteiger partial charge in [-0.05, 0) is 29.9 Å². The summed E-state index contributed by atoms with van der Waals surface area (Å²) in [6.07, 6.45) is 0.875. The van der Waals surface area contributed by atoms with Crippen molar-refractivity contribution in [2.45, 2.75) is 18.2 Å². The molecule has 0 unspecified atom stereocenters. The number of benzene rings is 1. The lowest BCUT2D eigenvalue weighted by Crippen LogP contribution is -2.23. The molecule has 1 amide bonds. The van der Waals surface area contributed by atoms with Crippen LogP contribution in [0.3, 0.4) is 0 Å². The second-order valence-electron chi connectivity index (χ2n) is 3.53. The largest absolute Gasteiger partial charge is 0.337 e. The highest BCUT2D eigenvalue weighted by molar-refractivity contribution is 7.99. The van der Waals surface area contributed by atoms with Gasteiger partial charge in [-0.25, -0.2) is 0 Å². The van der Waals surface area contributed by atoms with Crippen LogP contribution in [0.1, 0.15) is 12.5 Å².